The van der Waals surface area contributed by atoms with Gasteiger partial charge in [0.2, 0.25) is 0 Å². The monoisotopic (exact) mass is 309 g/mol. The molecule has 0 aliphatic rings. The molecule has 0 heterocycles. The number of carbonyl (C=O) groups excluding carboxylic acids is 2. The number of Topliss-reactive ketones (excluding diaryl/α,β-unsaturated/α-hetero) is 1. The normalized spacial score (nSPS) is 12.2. The van der Waals surface area contributed by atoms with Crippen molar-refractivity contribution in [2.75, 3.05) is 0 Å². The molecule has 1 aromatic rings. The van der Waals surface area contributed by atoms with Crippen LogP contribution in [-0.4, -0.2) is 23.5 Å². The summed E-state index contributed by atoms with van der Waals surface area (Å²) in [5.74, 6) is -0.257. The lowest BCUT2D eigenvalue weighted by molar-refractivity contribution is 0.0492. The van der Waals surface area contributed by atoms with Crippen molar-refractivity contribution in [3.05, 3.63) is 35.4 Å². The number of rotatable bonds is 4. The highest BCUT2D eigenvalue weighted by atomic mass is 19.1. The SMILES string of the molecule is C#CC[C@H](NC(=O)OC(C)(C)C)C(=O)c1cc(F)ccc1F. The van der Waals surface area contributed by atoms with E-state index in [1.165, 1.54) is 0 Å². The number of alkyl carbamates (subject to hydrolysis) is 1. The minimum absolute atomic E-state index is 0.173. The van der Waals surface area contributed by atoms with Gasteiger partial charge in [0.25, 0.3) is 0 Å². The summed E-state index contributed by atoms with van der Waals surface area (Å²) < 4.78 is 31.8. The number of ether oxygens (including phenoxy) is 1. The average Bonchev–Trinajstić information content (AvgIpc) is 2.38. The van der Waals surface area contributed by atoms with Crippen LogP contribution in [0.15, 0.2) is 18.2 Å². The summed E-state index contributed by atoms with van der Waals surface area (Å²) in [6, 6.07) is 1.29. The van der Waals surface area contributed by atoms with Crippen molar-refractivity contribution in [1.29, 1.82) is 0 Å². The van der Waals surface area contributed by atoms with E-state index in [-0.39, 0.29) is 6.42 Å². The molecular formula is C16H17F2NO3. The van der Waals surface area contributed by atoms with E-state index in [1.54, 1.807) is 20.8 Å². The lowest BCUT2D eigenvalue weighted by atomic mass is 10.0. The van der Waals surface area contributed by atoms with Gasteiger partial charge in [0.05, 0.1) is 5.56 Å². The van der Waals surface area contributed by atoms with E-state index in [0.717, 1.165) is 18.2 Å². The molecule has 0 spiro atoms. The Labute approximate surface area is 127 Å². The highest BCUT2D eigenvalue weighted by Gasteiger charge is 2.26. The van der Waals surface area contributed by atoms with Gasteiger partial charge in [0, 0.05) is 6.42 Å². The highest BCUT2D eigenvalue weighted by molar-refractivity contribution is 6.01. The van der Waals surface area contributed by atoms with Gasteiger partial charge in [-0.3, -0.25) is 4.79 Å². The number of amides is 1. The summed E-state index contributed by atoms with van der Waals surface area (Å²) in [6.07, 6.45) is 4.12. The summed E-state index contributed by atoms with van der Waals surface area (Å²) in [5.41, 5.74) is -1.24. The molecule has 0 fully saturated rings. The molecule has 1 atom stereocenters. The second-order valence-electron chi connectivity index (χ2n) is 5.60. The lowest BCUT2D eigenvalue weighted by Gasteiger charge is -2.22. The summed E-state index contributed by atoms with van der Waals surface area (Å²) >= 11 is 0. The van der Waals surface area contributed by atoms with Gasteiger partial charge >= 0.3 is 6.09 Å². The van der Waals surface area contributed by atoms with Gasteiger partial charge in [-0.2, -0.15) is 0 Å². The molecule has 0 saturated carbocycles. The molecule has 6 heteroatoms. The molecule has 4 nitrogen and oxygen atoms in total. The van der Waals surface area contributed by atoms with Crippen molar-refractivity contribution in [2.45, 2.75) is 38.8 Å². The van der Waals surface area contributed by atoms with Crippen LogP contribution in [0.3, 0.4) is 0 Å². The zero-order valence-electron chi connectivity index (χ0n) is 12.6. The lowest BCUT2D eigenvalue weighted by Crippen LogP contribution is -2.43. The Hall–Kier alpha value is -2.42. The van der Waals surface area contributed by atoms with Gasteiger partial charge in [-0.1, -0.05) is 0 Å². The molecule has 0 unspecified atom stereocenters. The molecule has 1 rings (SSSR count). The first-order valence-corrected chi connectivity index (χ1v) is 6.56. The Kier molecular flexibility index (Phi) is 5.63. The minimum atomic E-state index is -1.20. The molecule has 0 aliphatic heterocycles. The fourth-order valence-corrected chi connectivity index (χ4v) is 1.65. The van der Waals surface area contributed by atoms with Crippen molar-refractivity contribution < 1.29 is 23.1 Å². The van der Waals surface area contributed by atoms with Crippen LogP contribution >= 0.6 is 0 Å². The molecule has 118 valence electrons. The Morgan fingerprint density at radius 1 is 1.36 bits per heavy atom. The van der Waals surface area contributed by atoms with E-state index in [1.807, 2.05) is 0 Å². The zero-order chi connectivity index (χ0) is 16.9. The highest BCUT2D eigenvalue weighted by Crippen LogP contribution is 2.14. The number of terminal acetylenes is 1. The Morgan fingerprint density at radius 2 is 2.00 bits per heavy atom. The summed E-state index contributed by atoms with van der Waals surface area (Å²) in [5, 5.41) is 2.28. The predicted molar refractivity (Wildman–Crippen MR) is 77.3 cm³/mol. The first kappa shape index (κ1) is 17.6. The van der Waals surface area contributed by atoms with E-state index < -0.39 is 40.7 Å². The number of nitrogens with one attached hydrogen (secondary N) is 1. The molecule has 22 heavy (non-hydrogen) atoms. The molecule has 0 aromatic heterocycles. The van der Waals surface area contributed by atoms with Crippen LogP contribution < -0.4 is 5.32 Å². The molecule has 1 N–H and O–H groups in total. The third-order valence-corrected chi connectivity index (χ3v) is 2.52. The van der Waals surface area contributed by atoms with E-state index in [9.17, 15) is 18.4 Å². The third-order valence-electron chi connectivity index (χ3n) is 2.52. The molecule has 1 amide bonds. The van der Waals surface area contributed by atoms with Gasteiger partial charge in [0.1, 0.15) is 23.3 Å². The van der Waals surface area contributed by atoms with Crippen molar-refractivity contribution in [3.63, 3.8) is 0 Å². The zero-order valence-corrected chi connectivity index (χ0v) is 12.6. The largest absolute Gasteiger partial charge is 0.444 e. The fourth-order valence-electron chi connectivity index (χ4n) is 1.65. The van der Waals surface area contributed by atoms with E-state index in [0.29, 0.717) is 0 Å². The Bertz CT molecular complexity index is 615. The molecule has 0 radical (unpaired) electrons. The van der Waals surface area contributed by atoms with E-state index >= 15 is 0 Å². The van der Waals surface area contributed by atoms with Crippen molar-refractivity contribution in [3.8, 4) is 12.3 Å². The molecule has 0 aliphatic carbocycles. The van der Waals surface area contributed by atoms with E-state index in [2.05, 4.69) is 11.2 Å². The van der Waals surface area contributed by atoms with Crippen LogP contribution in [0.4, 0.5) is 13.6 Å². The summed E-state index contributed by atoms with van der Waals surface area (Å²) in [4.78, 5) is 23.9. The average molecular weight is 309 g/mol. The maximum Gasteiger partial charge on any atom is 0.408 e. The second kappa shape index (κ2) is 7.03. The molecule has 0 bridgehead atoms. The third kappa shape index (κ3) is 5.17. The standard InChI is InChI=1S/C16H17F2NO3/c1-5-6-13(19-15(21)22-16(2,3)4)14(20)11-9-10(17)7-8-12(11)18/h1,7-9,13H,6H2,2-4H3,(H,19,21)/t13-/m0/s1. The maximum atomic E-state index is 13.6. The van der Waals surface area contributed by atoms with Crippen LogP contribution in [-0.2, 0) is 4.74 Å². The predicted octanol–water partition coefficient (Wildman–Crippen LogP) is 3.06. The summed E-state index contributed by atoms with van der Waals surface area (Å²) in [6.45, 7) is 4.95. The van der Waals surface area contributed by atoms with Crippen molar-refractivity contribution >= 4 is 11.9 Å². The van der Waals surface area contributed by atoms with Crippen LogP contribution in [0.2, 0.25) is 0 Å². The number of benzene rings is 1. The van der Waals surface area contributed by atoms with Gasteiger partial charge in [0.15, 0.2) is 5.78 Å². The van der Waals surface area contributed by atoms with Crippen LogP contribution in [0, 0.1) is 24.0 Å². The quantitative estimate of drug-likeness (QED) is 0.687. The smallest absolute Gasteiger partial charge is 0.408 e. The number of halogens is 2. The van der Waals surface area contributed by atoms with Crippen LogP contribution in [0.5, 0.6) is 0 Å². The van der Waals surface area contributed by atoms with E-state index in [4.69, 9.17) is 11.2 Å². The Morgan fingerprint density at radius 3 is 2.55 bits per heavy atom. The minimum Gasteiger partial charge on any atom is -0.444 e. The number of carbonyl (C=O) groups is 2. The number of hydrogen-bond acceptors (Lipinski definition) is 3. The fraction of sp³-hybridized carbons (Fsp3) is 0.375. The first-order chi connectivity index (χ1) is 10.1. The van der Waals surface area contributed by atoms with Crippen molar-refractivity contribution in [2.24, 2.45) is 0 Å². The molecule has 0 saturated heterocycles. The maximum absolute atomic E-state index is 13.6. The Balaban J connectivity index is 2.95. The van der Waals surface area contributed by atoms with Gasteiger partial charge in [-0.05, 0) is 39.0 Å². The molecular weight excluding hydrogens is 292 g/mol. The molecule has 1 aromatic carbocycles. The van der Waals surface area contributed by atoms with Crippen LogP contribution in [0.25, 0.3) is 0 Å². The van der Waals surface area contributed by atoms with Gasteiger partial charge < -0.3 is 10.1 Å². The topological polar surface area (TPSA) is 55.4 Å². The van der Waals surface area contributed by atoms with Gasteiger partial charge in [-0.25, -0.2) is 13.6 Å². The second-order valence-corrected chi connectivity index (χ2v) is 5.60. The van der Waals surface area contributed by atoms with Crippen LogP contribution in [0.1, 0.15) is 37.6 Å². The van der Waals surface area contributed by atoms with Crippen molar-refractivity contribution in [1.82, 2.24) is 5.32 Å². The van der Waals surface area contributed by atoms with Gasteiger partial charge in [-0.15, -0.1) is 12.3 Å². The number of hydrogen-bond donors (Lipinski definition) is 1. The first-order valence-electron chi connectivity index (χ1n) is 6.56. The summed E-state index contributed by atoms with van der Waals surface area (Å²) in [7, 11) is 0. The number of ketones is 1.